The number of halogens is 1. The summed E-state index contributed by atoms with van der Waals surface area (Å²) in [6, 6.07) is 8.39. The number of ether oxygens (including phenoxy) is 2. The van der Waals surface area contributed by atoms with Gasteiger partial charge in [-0.05, 0) is 62.6 Å². The monoisotopic (exact) mass is 433 g/mol. The predicted molar refractivity (Wildman–Crippen MR) is 122 cm³/mol. The van der Waals surface area contributed by atoms with Crippen LogP contribution in [0, 0.1) is 0 Å². The Morgan fingerprint density at radius 1 is 1.17 bits per heavy atom. The van der Waals surface area contributed by atoms with Gasteiger partial charge in [-0.2, -0.15) is 0 Å². The summed E-state index contributed by atoms with van der Waals surface area (Å²) >= 11 is 6.09. The predicted octanol–water partition coefficient (Wildman–Crippen LogP) is 4.39. The summed E-state index contributed by atoms with van der Waals surface area (Å²) < 4.78 is 12.0. The lowest BCUT2D eigenvalue weighted by Crippen LogP contribution is -2.52. The van der Waals surface area contributed by atoms with Crippen LogP contribution >= 0.6 is 11.6 Å². The summed E-state index contributed by atoms with van der Waals surface area (Å²) in [5, 5.41) is 4.48. The van der Waals surface area contributed by atoms with E-state index in [2.05, 4.69) is 27.3 Å². The van der Waals surface area contributed by atoms with Crippen LogP contribution in [-0.2, 0) is 14.9 Å². The molecule has 1 aromatic rings. The van der Waals surface area contributed by atoms with Gasteiger partial charge in [0.25, 0.3) is 0 Å². The summed E-state index contributed by atoms with van der Waals surface area (Å²) in [6.45, 7) is 4.55. The van der Waals surface area contributed by atoms with E-state index >= 15 is 0 Å². The minimum atomic E-state index is 0.210. The Bertz CT molecular complexity index is 691. The van der Waals surface area contributed by atoms with E-state index in [1.165, 1.54) is 37.7 Å². The molecule has 1 atom stereocenters. The quantitative estimate of drug-likeness (QED) is 0.534. The van der Waals surface area contributed by atoms with Gasteiger partial charge in [0.1, 0.15) is 0 Å². The minimum absolute atomic E-state index is 0.210. The molecule has 166 valence electrons. The third kappa shape index (κ3) is 5.30. The lowest BCUT2D eigenvalue weighted by Gasteiger charge is -2.44. The van der Waals surface area contributed by atoms with Gasteiger partial charge in [-0.25, -0.2) is 0 Å². The van der Waals surface area contributed by atoms with E-state index in [0.717, 1.165) is 63.1 Å². The lowest BCUT2D eigenvalue weighted by atomic mass is 9.64. The first-order valence-electron chi connectivity index (χ1n) is 11.6. The number of piperidine rings is 1. The third-order valence-electron chi connectivity index (χ3n) is 7.10. The van der Waals surface area contributed by atoms with Crippen molar-refractivity contribution in [1.29, 1.82) is 0 Å². The highest BCUT2D eigenvalue weighted by Crippen LogP contribution is 2.43. The van der Waals surface area contributed by atoms with Gasteiger partial charge in [-0.3, -0.25) is 4.99 Å². The Balaban J connectivity index is 1.24. The van der Waals surface area contributed by atoms with Crippen molar-refractivity contribution in [2.45, 2.75) is 69.0 Å². The average Bonchev–Trinajstić information content (AvgIpc) is 2.76. The zero-order valence-electron chi connectivity index (χ0n) is 18.2. The number of likely N-dealkylation sites (tertiary alicyclic amines) is 1. The zero-order chi connectivity index (χ0) is 20.8. The largest absolute Gasteiger partial charge is 0.376 e. The highest BCUT2D eigenvalue weighted by molar-refractivity contribution is 6.30. The summed E-state index contributed by atoms with van der Waals surface area (Å²) in [6.07, 6.45) is 10.1. The maximum Gasteiger partial charge on any atom is 0.193 e. The van der Waals surface area contributed by atoms with E-state index in [4.69, 9.17) is 21.1 Å². The number of aliphatic imine (C=N–C) groups is 1. The molecule has 0 bridgehead atoms. The lowest BCUT2D eigenvalue weighted by molar-refractivity contribution is -0.0721. The summed E-state index contributed by atoms with van der Waals surface area (Å²) in [7, 11) is 1.89. The van der Waals surface area contributed by atoms with Gasteiger partial charge in [-0.15, -0.1) is 0 Å². The Labute approximate surface area is 186 Å². The Morgan fingerprint density at radius 3 is 2.53 bits per heavy atom. The van der Waals surface area contributed by atoms with Gasteiger partial charge < -0.3 is 19.7 Å². The SMILES string of the molecule is CN=C(NCC1(c2ccc(Cl)cc2)CCC1)N1CCC(OCC2CCCCO2)CC1. The van der Waals surface area contributed by atoms with E-state index in [0.29, 0.717) is 12.2 Å². The van der Waals surface area contributed by atoms with Crippen molar-refractivity contribution in [3.05, 3.63) is 34.9 Å². The molecule has 1 aromatic carbocycles. The Hall–Kier alpha value is -1.30. The van der Waals surface area contributed by atoms with Gasteiger partial charge >= 0.3 is 0 Å². The van der Waals surface area contributed by atoms with E-state index in [9.17, 15) is 0 Å². The van der Waals surface area contributed by atoms with E-state index < -0.39 is 0 Å². The van der Waals surface area contributed by atoms with Crippen molar-refractivity contribution in [1.82, 2.24) is 10.2 Å². The number of benzene rings is 1. The molecular weight excluding hydrogens is 398 g/mol. The second-order valence-electron chi connectivity index (χ2n) is 9.05. The Kier molecular flexibility index (Phi) is 7.55. The molecule has 0 amide bonds. The topological polar surface area (TPSA) is 46.1 Å². The molecule has 0 aromatic heterocycles. The molecule has 1 unspecified atom stereocenters. The highest BCUT2D eigenvalue weighted by atomic mass is 35.5. The number of hydrogen-bond acceptors (Lipinski definition) is 3. The molecule has 3 aliphatic rings. The molecule has 4 rings (SSSR count). The van der Waals surface area contributed by atoms with Crippen molar-refractivity contribution in [3.63, 3.8) is 0 Å². The average molecular weight is 434 g/mol. The van der Waals surface area contributed by atoms with Crippen LogP contribution in [0.2, 0.25) is 5.02 Å². The molecule has 0 spiro atoms. The second-order valence-corrected chi connectivity index (χ2v) is 9.49. The highest BCUT2D eigenvalue weighted by Gasteiger charge is 2.39. The van der Waals surface area contributed by atoms with E-state index in [1.807, 2.05) is 19.2 Å². The van der Waals surface area contributed by atoms with Gasteiger partial charge in [0.15, 0.2) is 5.96 Å². The Morgan fingerprint density at radius 2 is 1.93 bits per heavy atom. The van der Waals surface area contributed by atoms with Crippen LogP contribution in [-0.4, -0.2) is 63.0 Å². The fraction of sp³-hybridized carbons (Fsp3) is 0.708. The van der Waals surface area contributed by atoms with Crippen LogP contribution in [0.5, 0.6) is 0 Å². The van der Waals surface area contributed by atoms with Crippen molar-refractivity contribution < 1.29 is 9.47 Å². The summed E-state index contributed by atoms with van der Waals surface area (Å²) in [4.78, 5) is 6.96. The smallest absolute Gasteiger partial charge is 0.193 e. The van der Waals surface area contributed by atoms with Gasteiger partial charge in [-0.1, -0.05) is 30.2 Å². The minimum Gasteiger partial charge on any atom is -0.376 e. The molecule has 3 fully saturated rings. The van der Waals surface area contributed by atoms with Crippen molar-refractivity contribution in [2.75, 3.05) is 39.9 Å². The second kappa shape index (κ2) is 10.3. The van der Waals surface area contributed by atoms with Crippen LogP contribution < -0.4 is 5.32 Å². The van der Waals surface area contributed by atoms with Crippen molar-refractivity contribution in [2.24, 2.45) is 4.99 Å². The van der Waals surface area contributed by atoms with Crippen LogP contribution in [0.25, 0.3) is 0 Å². The number of rotatable bonds is 6. The molecule has 1 aliphatic carbocycles. The zero-order valence-corrected chi connectivity index (χ0v) is 19.0. The maximum atomic E-state index is 6.17. The summed E-state index contributed by atoms with van der Waals surface area (Å²) in [5.74, 6) is 1.02. The molecule has 1 saturated carbocycles. The molecule has 0 radical (unpaired) electrons. The first-order valence-corrected chi connectivity index (χ1v) is 12.0. The number of nitrogens with zero attached hydrogens (tertiary/aromatic N) is 2. The summed E-state index contributed by atoms with van der Waals surface area (Å²) in [5.41, 5.74) is 1.60. The molecule has 5 nitrogen and oxygen atoms in total. The molecular formula is C24H36ClN3O2. The van der Waals surface area contributed by atoms with E-state index in [-0.39, 0.29) is 5.41 Å². The normalized spacial score (nSPS) is 25.1. The van der Waals surface area contributed by atoms with Gasteiger partial charge in [0.2, 0.25) is 0 Å². The first-order chi connectivity index (χ1) is 14.7. The van der Waals surface area contributed by atoms with Crippen LogP contribution in [0.4, 0.5) is 0 Å². The first kappa shape index (κ1) is 21.9. The number of guanidine groups is 1. The van der Waals surface area contributed by atoms with Crippen LogP contribution in [0.3, 0.4) is 0 Å². The van der Waals surface area contributed by atoms with Gasteiger partial charge in [0.05, 0.1) is 18.8 Å². The fourth-order valence-corrected chi connectivity index (χ4v) is 5.10. The van der Waals surface area contributed by atoms with Crippen molar-refractivity contribution >= 4 is 17.6 Å². The third-order valence-corrected chi connectivity index (χ3v) is 7.35. The molecule has 1 N–H and O–H groups in total. The van der Waals surface area contributed by atoms with Crippen LogP contribution in [0.1, 0.15) is 56.9 Å². The number of hydrogen-bond donors (Lipinski definition) is 1. The van der Waals surface area contributed by atoms with Gasteiger partial charge in [0, 0.05) is 43.7 Å². The van der Waals surface area contributed by atoms with E-state index in [1.54, 1.807) is 0 Å². The van der Waals surface area contributed by atoms with Crippen LogP contribution in [0.15, 0.2) is 29.3 Å². The molecule has 30 heavy (non-hydrogen) atoms. The van der Waals surface area contributed by atoms with Crippen molar-refractivity contribution in [3.8, 4) is 0 Å². The maximum absolute atomic E-state index is 6.17. The molecule has 2 saturated heterocycles. The molecule has 2 heterocycles. The fourth-order valence-electron chi connectivity index (χ4n) is 4.97. The molecule has 2 aliphatic heterocycles. The number of nitrogens with one attached hydrogen (secondary N) is 1. The standard InChI is InChI=1S/C24H36ClN3O2/c1-26-23(27-18-24(12-4-13-24)19-6-8-20(25)9-7-19)28-14-10-21(11-15-28)30-17-22-5-2-3-16-29-22/h6-9,21-22H,2-5,10-18H2,1H3,(H,26,27). The molecule has 6 heteroatoms.